The fourth-order valence-electron chi connectivity index (χ4n) is 2.40. The Morgan fingerprint density at radius 2 is 2.00 bits per heavy atom. The predicted octanol–water partition coefficient (Wildman–Crippen LogP) is 6.12. The van der Waals surface area contributed by atoms with Gasteiger partial charge in [0.15, 0.2) is 4.77 Å². The van der Waals surface area contributed by atoms with E-state index >= 15 is 0 Å². The highest BCUT2D eigenvalue weighted by atomic mass is 35.5. The summed E-state index contributed by atoms with van der Waals surface area (Å²) in [6, 6.07) is 10.1. The monoisotopic (exact) mass is 413 g/mol. The summed E-state index contributed by atoms with van der Waals surface area (Å²) in [7, 11) is 0. The number of thioether (sulfide) groups is 1. The molecule has 0 aliphatic rings. The quantitative estimate of drug-likeness (QED) is 0.511. The van der Waals surface area contributed by atoms with E-state index in [1.54, 1.807) is 17.8 Å². The van der Waals surface area contributed by atoms with Crippen LogP contribution in [0.3, 0.4) is 0 Å². The molecular formula is C17H14Cl2FN3S2. The number of rotatable bonds is 5. The van der Waals surface area contributed by atoms with Gasteiger partial charge in [0.2, 0.25) is 0 Å². The zero-order valence-corrected chi connectivity index (χ0v) is 16.4. The van der Waals surface area contributed by atoms with Gasteiger partial charge in [-0.2, -0.15) is 5.10 Å². The Morgan fingerprint density at radius 1 is 1.20 bits per heavy atom. The maximum absolute atomic E-state index is 13.1. The first-order chi connectivity index (χ1) is 12.0. The first-order valence-corrected chi connectivity index (χ1v) is 9.72. The van der Waals surface area contributed by atoms with Gasteiger partial charge in [-0.15, -0.1) is 11.8 Å². The molecule has 1 N–H and O–H groups in total. The largest absolute Gasteiger partial charge is 0.271 e. The average molecular weight is 414 g/mol. The number of nitrogens with zero attached hydrogens (tertiary/aromatic N) is 2. The lowest BCUT2D eigenvalue weighted by molar-refractivity contribution is 0.627. The highest BCUT2D eigenvalue weighted by molar-refractivity contribution is 7.97. The van der Waals surface area contributed by atoms with E-state index in [1.807, 2.05) is 29.7 Å². The lowest BCUT2D eigenvalue weighted by Gasteiger charge is -2.11. The molecule has 0 amide bonds. The summed E-state index contributed by atoms with van der Waals surface area (Å²) in [5.41, 5.74) is 2.73. The molecule has 0 unspecified atom stereocenters. The number of aromatic nitrogens is 3. The molecular weight excluding hydrogens is 400 g/mol. The van der Waals surface area contributed by atoms with E-state index in [2.05, 4.69) is 10.2 Å². The molecule has 8 heteroatoms. The minimum atomic E-state index is -0.337. The van der Waals surface area contributed by atoms with Crippen molar-refractivity contribution in [2.24, 2.45) is 0 Å². The fraction of sp³-hybridized carbons (Fsp3) is 0.176. The lowest BCUT2D eigenvalue weighted by atomic mass is 10.2. The van der Waals surface area contributed by atoms with E-state index in [0.29, 0.717) is 26.3 Å². The van der Waals surface area contributed by atoms with Gasteiger partial charge in [-0.3, -0.25) is 9.67 Å². The summed E-state index contributed by atoms with van der Waals surface area (Å²) >= 11 is 19.3. The van der Waals surface area contributed by atoms with Crippen LogP contribution in [0.25, 0.3) is 5.69 Å². The predicted molar refractivity (Wildman–Crippen MR) is 105 cm³/mol. The van der Waals surface area contributed by atoms with E-state index in [0.717, 1.165) is 22.6 Å². The SMILES string of the molecule is Cc1c(Cl)cccc1-n1c(CSCc2ccc(F)cc2Cl)n[nH]c1=S. The third-order valence-corrected chi connectivity index (χ3v) is 5.74. The van der Waals surface area contributed by atoms with Crippen molar-refractivity contribution in [3.05, 3.63) is 74.0 Å². The van der Waals surface area contributed by atoms with Crippen LogP contribution in [0.2, 0.25) is 10.0 Å². The summed E-state index contributed by atoms with van der Waals surface area (Å²) in [5.74, 6) is 1.72. The molecule has 0 atom stereocenters. The second-order valence-electron chi connectivity index (χ2n) is 5.39. The standard InChI is InChI=1S/C17H14Cl2FN3S2/c1-10-13(18)3-2-4-15(10)23-16(21-22-17(23)24)9-25-8-11-5-6-12(20)7-14(11)19/h2-7H,8-9H2,1H3,(H,22,24). The number of nitrogens with one attached hydrogen (secondary N) is 1. The summed E-state index contributed by atoms with van der Waals surface area (Å²) in [6.45, 7) is 1.95. The van der Waals surface area contributed by atoms with Crippen LogP contribution in [0.5, 0.6) is 0 Å². The summed E-state index contributed by atoms with van der Waals surface area (Å²) in [6.07, 6.45) is 0. The van der Waals surface area contributed by atoms with Crippen LogP contribution in [0, 0.1) is 17.5 Å². The smallest absolute Gasteiger partial charge is 0.199 e. The molecule has 1 heterocycles. The molecule has 3 nitrogen and oxygen atoms in total. The highest BCUT2D eigenvalue weighted by Crippen LogP contribution is 2.27. The van der Waals surface area contributed by atoms with E-state index in [1.165, 1.54) is 12.1 Å². The topological polar surface area (TPSA) is 33.6 Å². The van der Waals surface area contributed by atoms with Crippen molar-refractivity contribution >= 4 is 47.2 Å². The van der Waals surface area contributed by atoms with E-state index in [4.69, 9.17) is 35.4 Å². The zero-order chi connectivity index (χ0) is 18.0. The van der Waals surface area contributed by atoms with Crippen molar-refractivity contribution in [3.8, 4) is 5.69 Å². The van der Waals surface area contributed by atoms with E-state index < -0.39 is 0 Å². The molecule has 0 saturated heterocycles. The first kappa shape index (κ1) is 18.5. The van der Waals surface area contributed by atoms with Gasteiger partial charge < -0.3 is 0 Å². The normalized spacial score (nSPS) is 11.0. The molecule has 0 spiro atoms. The van der Waals surface area contributed by atoms with Crippen LogP contribution in [0.4, 0.5) is 4.39 Å². The highest BCUT2D eigenvalue weighted by Gasteiger charge is 2.12. The van der Waals surface area contributed by atoms with Gasteiger partial charge in [-0.05, 0) is 54.5 Å². The average Bonchev–Trinajstić information content (AvgIpc) is 2.93. The maximum atomic E-state index is 13.1. The van der Waals surface area contributed by atoms with Crippen molar-refractivity contribution in [2.45, 2.75) is 18.4 Å². The molecule has 0 aliphatic heterocycles. The third kappa shape index (κ3) is 4.08. The van der Waals surface area contributed by atoms with Gasteiger partial charge in [0.1, 0.15) is 11.6 Å². The number of hydrogen-bond acceptors (Lipinski definition) is 3. The van der Waals surface area contributed by atoms with Crippen LogP contribution in [0.15, 0.2) is 36.4 Å². The first-order valence-electron chi connectivity index (χ1n) is 7.41. The molecule has 3 rings (SSSR count). The number of aromatic amines is 1. The minimum absolute atomic E-state index is 0.337. The number of benzene rings is 2. The molecule has 2 aromatic carbocycles. The van der Waals surface area contributed by atoms with Gasteiger partial charge in [0.05, 0.1) is 11.4 Å². The Hall–Kier alpha value is -1.34. The van der Waals surface area contributed by atoms with Crippen molar-refractivity contribution in [1.29, 1.82) is 0 Å². The Labute approximate surface area is 164 Å². The molecule has 0 aliphatic carbocycles. The van der Waals surface area contributed by atoms with Crippen molar-refractivity contribution in [3.63, 3.8) is 0 Å². The molecule has 130 valence electrons. The van der Waals surface area contributed by atoms with Crippen LogP contribution in [-0.4, -0.2) is 14.8 Å². The van der Waals surface area contributed by atoms with Crippen LogP contribution in [-0.2, 0) is 11.5 Å². The summed E-state index contributed by atoms with van der Waals surface area (Å²) in [5, 5.41) is 8.26. The number of halogens is 3. The van der Waals surface area contributed by atoms with Gasteiger partial charge >= 0.3 is 0 Å². The second kappa shape index (κ2) is 7.91. The molecule has 0 saturated carbocycles. The van der Waals surface area contributed by atoms with Crippen molar-refractivity contribution in [2.75, 3.05) is 0 Å². The Balaban J connectivity index is 1.80. The maximum Gasteiger partial charge on any atom is 0.199 e. The van der Waals surface area contributed by atoms with E-state index in [-0.39, 0.29) is 5.82 Å². The van der Waals surface area contributed by atoms with Gasteiger partial charge in [0, 0.05) is 15.8 Å². The van der Waals surface area contributed by atoms with Crippen LogP contribution >= 0.6 is 47.2 Å². The molecule has 25 heavy (non-hydrogen) atoms. The third-order valence-electron chi connectivity index (χ3n) is 3.73. The Morgan fingerprint density at radius 3 is 2.76 bits per heavy atom. The van der Waals surface area contributed by atoms with Crippen molar-refractivity contribution < 1.29 is 4.39 Å². The lowest BCUT2D eigenvalue weighted by Crippen LogP contribution is -2.03. The number of hydrogen-bond donors (Lipinski definition) is 1. The molecule has 0 fully saturated rings. The van der Waals surface area contributed by atoms with Gasteiger partial charge in [-0.25, -0.2) is 4.39 Å². The fourth-order valence-corrected chi connectivity index (χ4v) is 4.09. The Bertz CT molecular complexity index is 969. The minimum Gasteiger partial charge on any atom is -0.271 e. The zero-order valence-electron chi connectivity index (χ0n) is 13.2. The Kier molecular flexibility index (Phi) is 5.84. The van der Waals surface area contributed by atoms with Crippen LogP contribution in [0.1, 0.15) is 17.0 Å². The van der Waals surface area contributed by atoms with Crippen LogP contribution < -0.4 is 0 Å². The molecule has 3 aromatic rings. The van der Waals surface area contributed by atoms with Gasteiger partial charge in [-0.1, -0.05) is 35.3 Å². The summed E-state index contributed by atoms with van der Waals surface area (Å²) in [4.78, 5) is 0. The second-order valence-corrected chi connectivity index (χ2v) is 7.58. The van der Waals surface area contributed by atoms with Crippen molar-refractivity contribution in [1.82, 2.24) is 14.8 Å². The van der Waals surface area contributed by atoms with Gasteiger partial charge in [0.25, 0.3) is 0 Å². The molecule has 0 radical (unpaired) electrons. The number of H-pyrrole nitrogens is 1. The summed E-state index contributed by atoms with van der Waals surface area (Å²) < 4.78 is 15.5. The molecule has 1 aromatic heterocycles. The van der Waals surface area contributed by atoms with E-state index in [9.17, 15) is 4.39 Å². The molecule has 0 bridgehead atoms.